The molecule has 0 saturated heterocycles. The van der Waals surface area contributed by atoms with Crippen molar-refractivity contribution in [2.75, 3.05) is 20.3 Å². The number of oxazole rings is 1. The SMILES string of the molecule is COCCOC(Cc1ccc2c(CCc3nc(-c4ccccc4)oc3C)noc2c1)C(=O)O. The number of aryl methyl sites for hydroxylation is 3. The largest absolute Gasteiger partial charge is 0.479 e. The van der Waals surface area contributed by atoms with Gasteiger partial charge in [0.2, 0.25) is 5.89 Å². The summed E-state index contributed by atoms with van der Waals surface area (Å²) in [5.74, 6) is 0.387. The van der Waals surface area contributed by atoms with Crippen LogP contribution in [0, 0.1) is 6.92 Å². The molecule has 2 aromatic heterocycles. The van der Waals surface area contributed by atoms with Gasteiger partial charge in [-0.3, -0.25) is 0 Å². The number of carbonyl (C=O) groups is 1. The first-order valence-corrected chi connectivity index (χ1v) is 10.8. The molecule has 2 heterocycles. The number of carboxylic acid groups (broad SMARTS) is 1. The Labute approximate surface area is 191 Å². The molecule has 2 aromatic carbocycles. The van der Waals surface area contributed by atoms with Crippen LogP contribution in [-0.4, -0.2) is 47.6 Å². The molecule has 0 saturated carbocycles. The zero-order valence-corrected chi connectivity index (χ0v) is 18.6. The summed E-state index contributed by atoms with van der Waals surface area (Å²) >= 11 is 0. The van der Waals surface area contributed by atoms with E-state index in [4.69, 9.17) is 18.4 Å². The summed E-state index contributed by atoms with van der Waals surface area (Å²) in [4.78, 5) is 16.1. The minimum atomic E-state index is -1.01. The van der Waals surface area contributed by atoms with Crippen molar-refractivity contribution < 1.29 is 28.3 Å². The monoisotopic (exact) mass is 450 g/mol. The highest BCUT2D eigenvalue weighted by atomic mass is 16.5. The van der Waals surface area contributed by atoms with Crippen LogP contribution in [0.3, 0.4) is 0 Å². The molecule has 0 fully saturated rings. The van der Waals surface area contributed by atoms with E-state index >= 15 is 0 Å². The van der Waals surface area contributed by atoms with E-state index in [-0.39, 0.29) is 13.0 Å². The van der Waals surface area contributed by atoms with Gasteiger partial charge in [0.1, 0.15) is 5.76 Å². The third-order valence-corrected chi connectivity index (χ3v) is 5.43. The number of ether oxygens (including phenoxy) is 2. The number of methoxy groups -OCH3 is 1. The molecule has 1 N–H and O–H groups in total. The number of nitrogens with zero attached hydrogens (tertiary/aromatic N) is 2. The van der Waals surface area contributed by atoms with Gasteiger partial charge in [-0.25, -0.2) is 9.78 Å². The molecule has 8 nitrogen and oxygen atoms in total. The van der Waals surface area contributed by atoms with Gasteiger partial charge in [0.25, 0.3) is 0 Å². The van der Waals surface area contributed by atoms with Crippen LogP contribution in [0.25, 0.3) is 22.4 Å². The van der Waals surface area contributed by atoms with Crippen molar-refractivity contribution in [2.45, 2.75) is 32.3 Å². The van der Waals surface area contributed by atoms with Gasteiger partial charge >= 0.3 is 5.97 Å². The number of rotatable bonds is 11. The number of fused-ring (bicyclic) bond motifs is 1. The van der Waals surface area contributed by atoms with Crippen molar-refractivity contribution in [1.29, 1.82) is 0 Å². The lowest BCUT2D eigenvalue weighted by Gasteiger charge is -2.13. The number of hydrogen-bond donors (Lipinski definition) is 1. The minimum Gasteiger partial charge on any atom is -0.479 e. The van der Waals surface area contributed by atoms with Gasteiger partial charge in [0.15, 0.2) is 11.7 Å². The van der Waals surface area contributed by atoms with Crippen molar-refractivity contribution in [3.8, 4) is 11.5 Å². The lowest BCUT2D eigenvalue weighted by atomic mass is 10.0. The maximum absolute atomic E-state index is 11.5. The standard InChI is InChI=1S/C25H26N2O6/c1-16-20(26-24(32-16)18-6-4-3-5-7-18)10-11-21-19-9-8-17(14-22(19)33-27-21)15-23(25(28)29)31-13-12-30-2/h3-9,14,23H,10-13,15H2,1-2H3,(H,28,29). The van der Waals surface area contributed by atoms with Gasteiger partial charge in [-0.15, -0.1) is 0 Å². The number of hydrogen-bond acceptors (Lipinski definition) is 7. The van der Waals surface area contributed by atoms with E-state index in [1.165, 1.54) is 0 Å². The zero-order chi connectivity index (χ0) is 23.2. The summed E-state index contributed by atoms with van der Waals surface area (Å²) in [5, 5.41) is 14.5. The van der Waals surface area contributed by atoms with Gasteiger partial charge in [0.05, 0.1) is 24.6 Å². The molecule has 8 heteroatoms. The predicted molar refractivity (Wildman–Crippen MR) is 121 cm³/mol. The molecule has 33 heavy (non-hydrogen) atoms. The maximum Gasteiger partial charge on any atom is 0.333 e. The molecule has 0 aliphatic heterocycles. The second-order valence-electron chi connectivity index (χ2n) is 7.74. The van der Waals surface area contributed by atoms with E-state index in [0.717, 1.165) is 33.7 Å². The van der Waals surface area contributed by atoms with Gasteiger partial charge in [-0.1, -0.05) is 29.4 Å². The lowest BCUT2D eigenvalue weighted by Crippen LogP contribution is -2.27. The molecule has 0 aliphatic carbocycles. The Kier molecular flexibility index (Phi) is 7.16. The minimum absolute atomic E-state index is 0.218. The van der Waals surface area contributed by atoms with Crippen LogP contribution >= 0.6 is 0 Å². The van der Waals surface area contributed by atoms with Crippen LogP contribution in [0.2, 0.25) is 0 Å². The Morgan fingerprint density at radius 1 is 1.09 bits per heavy atom. The number of benzene rings is 2. The van der Waals surface area contributed by atoms with Crippen molar-refractivity contribution >= 4 is 16.9 Å². The van der Waals surface area contributed by atoms with Crippen molar-refractivity contribution in [3.63, 3.8) is 0 Å². The fourth-order valence-corrected chi connectivity index (χ4v) is 3.65. The van der Waals surface area contributed by atoms with Crippen LogP contribution < -0.4 is 0 Å². The third kappa shape index (κ3) is 5.47. The molecule has 0 bridgehead atoms. The smallest absolute Gasteiger partial charge is 0.333 e. The van der Waals surface area contributed by atoms with E-state index in [1.54, 1.807) is 7.11 Å². The molecule has 1 unspecified atom stereocenters. The van der Waals surface area contributed by atoms with Gasteiger partial charge < -0.3 is 23.5 Å². The average Bonchev–Trinajstić information content (AvgIpc) is 3.40. The number of aliphatic carboxylic acids is 1. The van der Waals surface area contributed by atoms with Crippen molar-refractivity contribution in [2.24, 2.45) is 0 Å². The van der Waals surface area contributed by atoms with E-state index < -0.39 is 12.1 Å². The highest BCUT2D eigenvalue weighted by Crippen LogP contribution is 2.25. The van der Waals surface area contributed by atoms with Crippen LogP contribution in [0.5, 0.6) is 0 Å². The highest BCUT2D eigenvalue weighted by molar-refractivity contribution is 5.80. The molecular formula is C25H26N2O6. The summed E-state index contributed by atoms with van der Waals surface area (Å²) < 4.78 is 21.7. The number of aromatic nitrogens is 2. The van der Waals surface area contributed by atoms with Gasteiger partial charge in [0, 0.05) is 24.5 Å². The van der Waals surface area contributed by atoms with E-state index in [2.05, 4.69) is 10.1 Å². The second kappa shape index (κ2) is 10.4. The molecule has 172 valence electrons. The molecule has 0 spiro atoms. The quantitative estimate of drug-likeness (QED) is 0.338. The summed E-state index contributed by atoms with van der Waals surface area (Å²) in [7, 11) is 1.54. The molecule has 4 aromatic rings. The Bertz CT molecular complexity index is 1210. The third-order valence-electron chi connectivity index (χ3n) is 5.43. The van der Waals surface area contributed by atoms with E-state index in [9.17, 15) is 9.90 Å². The Hall–Kier alpha value is -3.49. The van der Waals surface area contributed by atoms with E-state index in [0.29, 0.717) is 30.9 Å². The van der Waals surface area contributed by atoms with Gasteiger partial charge in [-0.05, 0) is 49.6 Å². The van der Waals surface area contributed by atoms with Crippen LogP contribution in [0.4, 0.5) is 0 Å². The van der Waals surface area contributed by atoms with Crippen LogP contribution in [-0.2, 0) is 33.5 Å². The first-order valence-electron chi connectivity index (χ1n) is 10.8. The lowest BCUT2D eigenvalue weighted by molar-refractivity contribution is -0.151. The summed E-state index contributed by atoms with van der Waals surface area (Å²) in [6.45, 7) is 2.47. The topological polar surface area (TPSA) is 108 Å². The Balaban J connectivity index is 1.44. The Morgan fingerprint density at radius 2 is 1.88 bits per heavy atom. The van der Waals surface area contributed by atoms with Crippen molar-refractivity contribution in [3.05, 3.63) is 71.2 Å². The van der Waals surface area contributed by atoms with Crippen LogP contribution in [0.15, 0.2) is 57.5 Å². The average molecular weight is 450 g/mol. The van der Waals surface area contributed by atoms with Crippen molar-refractivity contribution in [1.82, 2.24) is 10.1 Å². The molecule has 0 radical (unpaired) electrons. The maximum atomic E-state index is 11.5. The fourth-order valence-electron chi connectivity index (χ4n) is 3.65. The summed E-state index contributed by atoms with van der Waals surface area (Å²) in [6.07, 6.45) is 0.589. The van der Waals surface area contributed by atoms with E-state index in [1.807, 2.05) is 55.5 Å². The number of carboxylic acids is 1. The normalized spacial score (nSPS) is 12.3. The highest BCUT2D eigenvalue weighted by Gasteiger charge is 2.20. The second-order valence-corrected chi connectivity index (χ2v) is 7.74. The Morgan fingerprint density at radius 3 is 2.64 bits per heavy atom. The first kappa shape index (κ1) is 22.7. The fraction of sp³-hybridized carbons (Fsp3) is 0.320. The summed E-state index contributed by atoms with van der Waals surface area (Å²) in [6, 6.07) is 15.4. The molecule has 0 aliphatic rings. The molecule has 1 atom stereocenters. The summed E-state index contributed by atoms with van der Waals surface area (Å²) in [5.41, 5.74) is 4.07. The molecule has 0 amide bonds. The predicted octanol–water partition coefficient (Wildman–Crippen LogP) is 4.24. The molecular weight excluding hydrogens is 424 g/mol. The zero-order valence-electron chi connectivity index (χ0n) is 18.6. The molecule has 4 rings (SSSR count). The van der Waals surface area contributed by atoms with Gasteiger partial charge in [-0.2, -0.15) is 0 Å². The first-order chi connectivity index (χ1) is 16.0. The van der Waals surface area contributed by atoms with Crippen LogP contribution in [0.1, 0.15) is 22.7 Å².